The Hall–Kier alpha value is -0.160. The average Bonchev–Trinajstić information content (AvgIpc) is 3.04. The monoisotopic (exact) mass is 258 g/mol. The highest BCUT2D eigenvalue weighted by molar-refractivity contribution is 4.88. The maximum atomic E-state index is 9.79. The van der Waals surface area contributed by atoms with Crippen molar-refractivity contribution in [3.63, 3.8) is 0 Å². The van der Waals surface area contributed by atoms with Gasteiger partial charge in [-0.25, -0.2) is 0 Å². The molecule has 6 atom stereocenters. The summed E-state index contributed by atoms with van der Waals surface area (Å²) in [4.78, 5) is 0. The van der Waals surface area contributed by atoms with Gasteiger partial charge in [-0.05, 0) is 38.5 Å². The van der Waals surface area contributed by atoms with Crippen molar-refractivity contribution in [1.29, 1.82) is 0 Å². The van der Waals surface area contributed by atoms with Gasteiger partial charge in [0.2, 0.25) is 0 Å². The molecule has 2 saturated heterocycles. The van der Waals surface area contributed by atoms with Crippen LogP contribution in [0.1, 0.15) is 52.4 Å². The Kier molecular flexibility index (Phi) is 5.01. The minimum Gasteiger partial charge on any atom is -0.390 e. The molecule has 0 bridgehead atoms. The van der Waals surface area contributed by atoms with Crippen molar-refractivity contribution in [1.82, 2.24) is 0 Å². The molecule has 106 valence electrons. The van der Waals surface area contributed by atoms with E-state index in [1.807, 2.05) is 13.8 Å². The molecule has 0 radical (unpaired) electrons. The van der Waals surface area contributed by atoms with E-state index in [1.54, 1.807) is 0 Å². The Bertz CT molecular complexity index is 232. The van der Waals surface area contributed by atoms with Gasteiger partial charge < -0.3 is 19.7 Å². The Labute approximate surface area is 109 Å². The molecule has 0 aromatic rings. The van der Waals surface area contributed by atoms with Crippen molar-refractivity contribution in [3.8, 4) is 0 Å². The van der Waals surface area contributed by atoms with Crippen molar-refractivity contribution >= 4 is 0 Å². The number of hydrogen-bond donors (Lipinski definition) is 2. The molecule has 18 heavy (non-hydrogen) atoms. The summed E-state index contributed by atoms with van der Waals surface area (Å²) in [5.74, 6) is 0. The van der Waals surface area contributed by atoms with Gasteiger partial charge in [0.1, 0.15) is 0 Å². The molecule has 0 spiro atoms. The Morgan fingerprint density at radius 1 is 0.833 bits per heavy atom. The second-order valence-corrected chi connectivity index (χ2v) is 5.53. The predicted octanol–water partition coefficient (Wildman–Crippen LogP) is 1.62. The maximum absolute atomic E-state index is 9.79. The number of hydrogen-bond acceptors (Lipinski definition) is 4. The fourth-order valence-electron chi connectivity index (χ4n) is 3.02. The zero-order valence-corrected chi connectivity index (χ0v) is 11.4. The van der Waals surface area contributed by atoms with Crippen molar-refractivity contribution < 1.29 is 19.7 Å². The van der Waals surface area contributed by atoms with Crippen molar-refractivity contribution in [2.24, 2.45) is 0 Å². The minimum absolute atomic E-state index is 0.0289. The summed E-state index contributed by atoms with van der Waals surface area (Å²) >= 11 is 0. The van der Waals surface area contributed by atoms with E-state index in [0.29, 0.717) is 0 Å². The van der Waals surface area contributed by atoms with Gasteiger partial charge in [-0.3, -0.25) is 0 Å². The Morgan fingerprint density at radius 3 is 1.56 bits per heavy atom. The highest BCUT2D eigenvalue weighted by atomic mass is 16.6. The molecule has 4 nitrogen and oxygen atoms in total. The summed E-state index contributed by atoms with van der Waals surface area (Å²) in [6.07, 6.45) is 4.67. The van der Waals surface area contributed by atoms with Gasteiger partial charge >= 0.3 is 0 Å². The van der Waals surface area contributed by atoms with Gasteiger partial charge in [-0.15, -0.1) is 0 Å². The molecule has 0 aliphatic carbocycles. The molecule has 0 amide bonds. The SMILES string of the molecule is CC[C@@H](O)[C@H]1CC[C@H]([C@H]2CC[C@H]([C@H](O)CC)O2)O1. The van der Waals surface area contributed by atoms with Crippen LogP contribution in [0.3, 0.4) is 0 Å². The third-order valence-corrected chi connectivity index (χ3v) is 4.28. The highest BCUT2D eigenvalue weighted by Crippen LogP contribution is 2.33. The smallest absolute Gasteiger partial charge is 0.0842 e. The first-order valence-corrected chi connectivity index (χ1v) is 7.32. The summed E-state index contributed by atoms with van der Waals surface area (Å²) in [6, 6.07) is 0. The zero-order chi connectivity index (χ0) is 13.1. The number of aliphatic hydroxyl groups excluding tert-OH is 2. The molecule has 2 rings (SSSR count). The topological polar surface area (TPSA) is 58.9 Å². The van der Waals surface area contributed by atoms with E-state index in [-0.39, 0.29) is 36.6 Å². The molecule has 2 N–H and O–H groups in total. The quantitative estimate of drug-likeness (QED) is 0.787. The molecule has 4 heteroatoms. The molecule has 0 aromatic carbocycles. The summed E-state index contributed by atoms with van der Waals surface area (Å²) < 4.78 is 11.8. The lowest BCUT2D eigenvalue weighted by atomic mass is 10.0. The molecule has 2 aliphatic rings. The van der Waals surface area contributed by atoms with E-state index in [0.717, 1.165) is 38.5 Å². The second kappa shape index (κ2) is 6.33. The van der Waals surface area contributed by atoms with E-state index in [4.69, 9.17) is 9.47 Å². The molecule has 0 unspecified atom stereocenters. The van der Waals surface area contributed by atoms with Crippen LogP contribution >= 0.6 is 0 Å². The molecule has 2 heterocycles. The van der Waals surface area contributed by atoms with Crippen molar-refractivity contribution in [2.75, 3.05) is 0 Å². The summed E-state index contributed by atoms with van der Waals surface area (Å²) in [5.41, 5.74) is 0. The molecule has 2 fully saturated rings. The van der Waals surface area contributed by atoms with Gasteiger partial charge in [-0.1, -0.05) is 13.8 Å². The first-order valence-electron chi connectivity index (χ1n) is 7.32. The van der Waals surface area contributed by atoms with Crippen LogP contribution in [0.15, 0.2) is 0 Å². The van der Waals surface area contributed by atoms with Crippen LogP contribution in [-0.2, 0) is 9.47 Å². The third-order valence-electron chi connectivity index (χ3n) is 4.28. The van der Waals surface area contributed by atoms with E-state index in [1.165, 1.54) is 0 Å². The fraction of sp³-hybridized carbons (Fsp3) is 1.00. The van der Waals surface area contributed by atoms with Crippen molar-refractivity contribution in [3.05, 3.63) is 0 Å². The van der Waals surface area contributed by atoms with Crippen LogP contribution in [0.2, 0.25) is 0 Å². The number of rotatable bonds is 5. The Morgan fingerprint density at radius 2 is 1.22 bits per heavy atom. The van der Waals surface area contributed by atoms with Gasteiger partial charge in [0, 0.05) is 0 Å². The van der Waals surface area contributed by atoms with Crippen LogP contribution in [-0.4, -0.2) is 46.8 Å². The van der Waals surface area contributed by atoms with Gasteiger partial charge in [-0.2, -0.15) is 0 Å². The predicted molar refractivity (Wildman–Crippen MR) is 68.4 cm³/mol. The van der Waals surface area contributed by atoms with E-state index >= 15 is 0 Å². The van der Waals surface area contributed by atoms with Crippen molar-refractivity contribution in [2.45, 2.75) is 89.0 Å². The minimum atomic E-state index is -0.353. The average molecular weight is 258 g/mol. The standard InChI is InChI=1S/C14H26O4/c1-3-9(15)11-5-7-13(17-11)14-8-6-12(18-14)10(16)4-2/h9-16H,3-8H2,1-2H3/t9-,10-,11-,12-,13-,14-/m1/s1. The van der Waals surface area contributed by atoms with Gasteiger partial charge in [0.05, 0.1) is 36.6 Å². The fourth-order valence-corrected chi connectivity index (χ4v) is 3.02. The number of aliphatic hydroxyl groups is 2. The first-order chi connectivity index (χ1) is 8.65. The zero-order valence-electron chi connectivity index (χ0n) is 11.4. The summed E-state index contributed by atoms with van der Waals surface area (Å²) in [7, 11) is 0. The second-order valence-electron chi connectivity index (χ2n) is 5.53. The molecule has 0 saturated carbocycles. The number of ether oxygens (including phenoxy) is 2. The molecule has 2 aliphatic heterocycles. The summed E-state index contributed by atoms with van der Waals surface area (Å²) in [5, 5.41) is 19.6. The van der Waals surface area contributed by atoms with Gasteiger partial charge in [0.25, 0.3) is 0 Å². The Balaban J connectivity index is 1.81. The van der Waals surface area contributed by atoms with Crippen LogP contribution in [0.25, 0.3) is 0 Å². The van der Waals surface area contributed by atoms with Crippen LogP contribution in [0.4, 0.5) is 0 Å². The third kappa shape index (κ3) is 3.05. The first kappa shape index (κ1) is 14.3. The van der Waals surface area contributed by atoms with E-state index in [2.05, 4.69) is 0 Å². The van der Waals surface area contributed by atoms with Gasteiger partial charge in [0.15, 0.2) is 0 Å². The van der Waals surface area contributed by atoms with E-state index < -0.39 is 0 Å². The normalized spacial score (nSPS) is 40.0. The lowest BCUT2D eigenvalue weighted by Crippen LogP contribution is -2.32. The highest BCUT2D eigenvalue weighted by Gasteiger charge is 2.40. The maximum Gasteiger partial charge on any atom is 0.0842 e. The molecular formula is C14H26O4. The van der Waals surface area contributed by atoms with E-state index in [9.17, 15) is 10.2 Å². The molecular weight excluding hydrogens is 232 g/mol. The molecule has 0 aromatic heterocycles. The lowest BCUT2D eigenvalue weighted by molar-refractivity contribution is -0.109. The van der Waals surface area contributed by atoms with Crippen LogP contribution in [0, 0.1) is 0 Å². The largest absolute Gasteiger partial charge is 0.390 e. The van der Waals surface area contributed by atoms with Crippen LogP contribution in [0.5, 0.6) is 0 Å². The summed E-state index contributed by atoms with van der Waals surface area (Å²) in [6.45, 7) is 3.95. The lowest BCUT2D eigenvalue weighted by Gasteiger charge is -2.23. The van der Waals surface area contributed by atoms with Crippen LogP contribution < -0.4 is 0 Å².